The number of hydrogen-bond acceptors (Lipinski definition) is 3. The number of rotatable bonds is 5. The molecule has 3 amide bonds. The van der Waals surface area contributed by atoms with Gasteiger partial charge in [0.2, 0.25) is 5.91 Å². The second-order valence-electron chi connectivity index (χ2n) is 11.5. The highest BCUT2D eigenvalue weighted by molar-refractivity contribution is 5.97. The van der Waals surface area contributed by atoms with Crippen LogP contribution in [0.3, 0.4) is 0 Å². The topological polar surface area (TPSA) is 90.8 Å². The van der Waals surface area contributed by atoms with Crippen molar-refractivity contribution in [2.24, 2.45) is 10.9 Å². The fraction of sp³-hybridized carbons (Fsp3) is 0.533. The monoisotopic (exact) mass is 607 g/mol. The molecule has 2 saturated heterocycles. The molecule has 1 aliphatic carbocycles. The third kappa shape index (κ3) is 6.59. The summed E-state index contributed by atoms with van der Waals surface area (Å²) in [7, 11) is 0. The van der Waals surface area contributed by atoms with Gasteiger partial charge in [0.15, 0.2) is 11.6 Å². The Kier molecular flexibility index (Phi) is 8.89. The van der Waals surface area contributed by atoms with Gasteiger partial charge in [0.1, 0.15) is 6.54 Å². The van der Waals surface area contributed by atoms with Crippen molar-refractivity contribution in [3.8, 4) is 0 Å². The number of imidazole rings is 1. The fourth-order valence-corrected chi connectivity index (χ4v) is 6.48. The van der Waals surface area contributed by atoms with Crippen LogP contribution in [0.15, 0.2) is 34.1 Å². The van der Waals surface area contributed by atoms with Gasteiger partial charge in [-0.25, -0.2) is 23.4 Å². The van der Waals surface area contributed by atoms with Gasteiger partial charge in [0.05, 0.1) is 11.6 Å². The van der Waals surface area contributed by atoms with E-state index in [1.165, 1.54) is 17.0 Å². The lowest BCUT2D eigenvalue weighted by Gasteiger charge is -2.32. The van der Waals surface area contributed by atoms with Gasteiger partial charge in [-0.05, 0) is 56.2 Å². The van der Waals surface area contributed by atoms with Crippen molar-refractivity contribution >= 4 is 24.2 Å². The molecule has 0 saturated carbocycles. The van der Waals surface area contributed by atoms with Crippen LogP contribution in [0.4, 0.5) is 26.7 Å². The number of carbonyl (C=O) groups is 2. The summed E-state index contributed by atoms with van der Waals surface area (Å²) in [6.07, 6.45) is 3.30. The van der Waals surface area contributed by atoms with Gasteiger partial charge in [-0.1, -0.05) is 25.1 Å². The van der Waals surface area contributed by atoms with E-state index in [1.807, 2.05) is 6.08 Å². The second kappa shape index (κ2) is 12.5. The molecule has 232 valence electrons. The molecule has 2 aromatic rings. The number of amides is 3. The van der Waals surface area contributed by atoms with Crippen molar-refractivity contribution < 1.29 is 31.5 Å². The molecule has 1 aromatic carbocycles. The number of halogens is 5. The predicted molar refractivity (Wildman–Crippen MR) is 150 cm³/mol. The molecular weight excluding hydrogens is 573 g/mol. The van der Waals surface area contributed by atoms with E-state index in [1.54, 1.807) is 4.57 Å². The Hall–Kier alpha value is -3.77. The highest BCUT2D eigenvalue weighted by Gasteiger charge is 2.39. The lowest BCUT2D eigenvalue weighted by molar-refractivity contribution is -0.162. The lowest BCUT2D eigenvalue weighted by atomic mass is 9.92. The van der Waals surface area contributed by atoms with Gasteiger partial charge in [0.25, 0.3) is 0 Å². The van der Waals surface area contributed by atoms with Crippen LogP contribution in [0.2, 0.25) is 0 Å². The number of likely N-dealkylation sites (tertiary alicyclic amines) is 2. The summed E-state index contributed by atoms with van der Waals surface area (Å²) in [6.45, 7) is 0.705. The average molecular weight is 608 g/mol. The summed E-state index contributed by atoms with van der Waals surface area (Å²) in [5.41, 5.74) is 1.54. The maximum Gasteiger partial charge on any atom is 0.406 e. The first-order chi connectivity index (χ1) is 20.5. The maximum atomic E-state index is 14.5. The highest BCUT2D eigenvalue weighted by Crippen LogP contribution is 2.34. The number of hydrogen-bond donors (Lipinski definition) is 1. The molecule has 2 unspecified atom stereocenters. The molecule has 1 aromatic heterocycles. The molecule has 5 rings (SSSR count). The number of piperidine rings is 1. The fourth-order valence-electron chi connectivity index (χ4n) is 6.48. The number of alkyl halides is 3. The average Bonchev–Trinajstić information content (AvgIpc) is 3.24. The molecule has 1 N–H and O–H groups in total. The number of aliphatic imine (C=N–C) groups is 1. The zero-order chi connectivity index (χ0) is 30.9. The van der Waals surface area contributed by atoms with Crippen molar-refractivity contribution in [3.63, 3.8) is 0 Å². The Morgan fingerprint density at radius 1 is 1.12 bits per heavy atom. The van der Waals surface area contributed by atoms with Crippen LogP contribution in [-0.2, 0) is 4.79 Å². The highest BCUT2D eigenvalue weighted by atomic mass is 19.4. The first kappa shape index (κ1) is 30.7. The number of benzene rings is 1. The first-order valence-corrected chi connectivity index (χ1v) is 14.6. The Labute approximate surface area is 245 Å². The molecule has 0 bridgehead atoms. The SMILES string of the molecule is CC[C@H]1CC=Cc2c1[nH]c(=O)n2C1CCN(C(=O)/N=C/C2CCC(c3cccc(F)c3F)CN(CC(F)(F)F)C2=O)CC1. The Morgan fingerprint density at radius 3 is 2.56 bits per heavy atom. The molecule has 3 aliphatic rings. The Balaban J connectivity index is 1.26. The van der Waals surface area contributed by atoms with E-state index in [0.29, 0.717) is 30.8 Å². The van der Waals surface area contributed by atoms with Crippen LogP contribution in [0.1, 0.15) is 80.3 Å². The summed E-state index contributed by atoms with van der Waals surface area (Å²) in [6, 6.07) is 2.76. The smallest absolute Gasteiger partial charge is 0.332 e. The van der Waals surface area contributed by atoms with Gasteiger partial charge >= 0.3 is 17.9 Å². The van der Waals surface area contributed by atoms with E-state index in [0.717, 1.165) is 36.5 Å². The molecule has 8 nitrogen and oxygen atoms in total. The van der Waals surface area contributed by atoms with Crippen molar-refractivity contribution in [1.82, 2.24) is 19.4 Å². The standard InChI is InChI=1S/C30H34F5N5O3/c1-2-18-5-3-8-24-26(18)37-29(43)40(24)21-11-13-38(14-12-21)28(42)36-15-19-9-10-20(22-6-4-7-23(31)25(22)32)16-39(27(19)41)17-30(33,34)35/h3-4,6-8,15,18-21H,2,5,9-14,16-17H2,1H3,(H,37,43)/b36-15+/t18-,19?,20?/m0/s1. The number of nitrogens with one attached hydrogen (secondary N) is 1. The number of allylic oxidation sites excluding steroid dienone is 1. The number of aromatic amines is 1. The van der Waals surface area contributed by atoms with Crippen LogP contribution in [0.25, 0.3) is 6.08 Å². The van der Waals surface area contributed by atoms with Crippen molar-refractivity contribution in [2.45, 2.75) is 69.5 Å². The Bertz CT molecular complexity index is 1470. The van der Waals surface area contributed by atoms with E-state index < -0.39 is 54.7 Å². The van der Waals surface area contributed by atoms with E-state index in [2.05, 4.69) is 23.0 Å². The second-order valence-corrected chi connectivity index (χ2v) is 11.5. The molecule has 13 heteroatoms. The molecule has 0 spiro atoms. The molecule has 2 aliphatic heterocycles. The predicted octanol–water partition coefficient (Wildman–Crippen LogP) is 5.78. The summed E-state index contributed by atoms with van der Waals surface area (Å²) in [5, 5.41) is 0. The summed E-state index contributed by atoms with van der Waals surface area (Å²) >= 11 is 0. The third-order valence-corrected chi connectivity index (χ3v) is 8.75. The minimum Gasteiger partial charge on any atom is -0.332 e. The molecule has 0 radical (unpaired) electrons. The number of H-pyrrole nitrogens is 1. The normalized spacial score (nSPS) is 23.6. The van der Waals surface area contributed by atoms with Crippen LogP contribution in [0, 0.1) is 17.6 Å². The van der Waals surface area contributed by atoms with E-state index in [9.17, 15) is 36.3 Å². The number of fused-ring (bicyclic) bond motifs is 1. The zero-order valence-electron chi connectivity index (χ0n) is 23.7. The Morgan fingerprint density at radius 2 is 1.86 bits per heavy atom. The quantitative estimate of drug-likeness (QED) is 0.345. The van der Waals surface area contributed by atoms with Gasteiger partial charge < -0.3 is 14.8 Å². The van der Waals surface area contributed by atoms with Crippen molar-refractivity contribution in [1.29, 1.82) is 0 Å². The minimum atomic E-state index is -4.71. The molecular formula is C30H34F5N5O3. The van der Waals surface area contributed by atoms with E-state index in [-0.39, 0.29) is 36.1 Å². The van der Waals surface area contributed by atoms with Gasteiger partial charge in [-0.3, -0.25) is 9.36 Å². The van der Waals surface area contributed by atoms with Crippen LogP contribution in [-0.4, -0.2) is 69.9 Å². The molecule has 3 heterocycles. The lowest BCUT2D eigenvalue weighted by Crippen LogP contribution is -2.43. The van der Waals surface area contributed by atoms with Crippen LogP contribution < -0.4 is 5.69 Å². The van der Waals surface area contributed by atoms with Crippen LogP contribution in [0.5, 0.6) is 0 Å². The minimum absolute atomic E-state index is 0.0143. The van der Waals surface area contributed by atoms with Gasteiger partial charge in [-0.15, -0.1) is 0 Å². The first-order valence-electron chi connectivity index (χ1n) is 14.6. The number of urea groups is 1. The summed E-state index contributed by atoms with van der Waals surface area (Å²) < 4.78 is 70.1. The summed E-state index contributed by atoms with van der Waals surface area (Å²) in [5.74, 6) is -4.88. The maximum absolute atomic E-state index is 14.5. The molecule has 3 atom stereocenters. The van der Waals surface area contributed by atoms with Crippen molar-refractivity contribution in [2.75, 3.05) is 26.2 Å². The van der Waals surface area contributed by atoms with Crippen molar-refractivity contribution in [3.05, 3.63) is 63.3 Å². The summed E-state index contributed by atoms with van der Waals surface area (Å²) in [4.78, 5) is 47.9. The third-order valence-electron chi connectivity index (χ3n) is 8.75. The van der Waals surface area contributed by atoms with E-state index >= 15 is 0 Å². The van der Waals surface area contributed by atoms with Gasteiger partial charge in [-0.2, -0.15) is 13.2 Å². The largest absolute Gasteiger partial charge is 0.406 e. The zero-order valence-corrected chi connectivity index (χ0v) is 23.7. The molecule has 43 heavy (non-hydrogen) atoms. The number of nitrogens with zero attached hydrogens (tertiary/aromatic N) is 4. The molecule has 2 fully saturated rings. The van der Waals surface area contributed by atoms with Gasteiger partial charge in [0, 0.05) is 49.4 Å². The van der Waals surface area contributed by atoms with Crippen LogP contribution >= 0.6 is 0 Å². The number of carbonyl (C=O) groups excluding carboxylic acids is 2. The number of aromatic nitrogens is 2. The van der Waals surface area contributed by atoms with E-state index in [4.69, 9.17) is 0 Å².